The minimum atomic E-state index is -0.107. The van der Waals surface area contributed by atoms with Crippen molar-refractivity contribution in [3.05, 3.63) is 45.0 Å². The topological polar surface area (TPSA) is 43.6 Å². The van der Waals surface area contributed by atoms with Gasteiger partial charge in [0, 0.05) is 13.3 Å². The van der Waals surface area contributed by atoms with E-state index < -0.39 is 0 Å². The molecule has 0 fully saturated rings. The monoisotopic (exact) mass is 266 g/mol. The summed E-state index contributed by atoms with van der Waals surface area (Å²) in [5.74, 6) is 0.0491. The fourth-order valence-corrected chi connectivity index (χ4v) is 2.29. The van der Waals surface area contributed by atoms with Crippen molar-refractivity contribution in [3.63, 3.8) is 0 Å². The molecule has 0 bridgehead atoms. The lowest BCUT2D eigenvalue weighted by Gasteiger charge is -2.10. The molecular weight excluding hydrogens is 252 g/mol. The van der Waals surface area contributed by atoms with Gasteiger partial charge in [-0.1, -0.05) is 25.4 Å². The highest BCUT2D eigenvalue weighted by Crippen LogP contribution is 2.19. The largest absolute Gasteiger partial charge is 0.380 e. The van der Waals surface area contributed by atoms with E-state index in [9.17, 15) is 4.79 Å². The molecule has 2 rings (SSSR count). The molecule has 0 N–H and O–H groups in total. The number of aromatic nitrogens is 2. The van der Waals surface area contributed by atoms with Crippen LogP contribution in [-0.4, -0.2) is 16.5 Å². The fraction of sp³-hybridized carbons (Fsp3) is 0.385. The zero-order valence-electron chi connectivity index (χ0n) is 10.6. The average molecular weight is 267 g/mol. The van der Waals surface area contributed by atoms with Crippen LogP contribution in [0.3, 0.4) is 0 Å². The van der Waals surface area contributed by atoms with Crippen LogP contribution in [0, 0.1) is 0 Å². The predicted octanol–water partition coefficient (Wildman–Crippen LogP) is 2.62. The van der Waals surface area contributed by atoms with E-state index in [1.165, 1.54) is 4.40 Å². The Morgan fingerprint density at radius 1 is 1.50 bits per heavy atom. The highest BCUT2D eigenvalue weighted by molar-refractivity contribution is 6.30. The molecule has 0 aliphatic carbocycles. The molecule has 0 aliphatic heterocycles. The predicted molar refractivity (Wildman–Crippen MR) is 71.3 cm³/mol. The number of hydrogen-bond acceptors (Lipinski definition) is 3. The van der Waals surface area contributed by atoms with Crippen molar-refractivity contribution in [2.75, 3.05) is 7.11 Å². The van der Waals surface area contributed by atoms with Gasteiger partial charge in [0.15, 0.2) is 0 Å². The van der Waals surface area contributed by atoms with E-state index in [4.69, 9.17) is 16.3 Å². The summed E-state index contributed by atoms with van der Waals surface area (Å²) in [5, 5.41) is 0.282. The van der Waals surface area contributed by atoms with E-state index in [1.807, 2.05) is 19.9 Å². The zero-order valence-corrected chi connectivity index (χ0v) is 11.4. The molecule has 0 saturated carbocycles. The Kier molecular flexibility index (Phi) is 3.68. The second-order valence-corrected chi connectivity index (χ2v) is 4.83. The van der Waals surface area contributed by atoms with E-state index in [0.29, 0.717) is 17.8 Å². The van der Waals surface area contributed by atoms with Crippen LogP contribution in [0.5, 0.6) is 0 Å². The van der Waals surface area contributed by atoms with Gasteiger partial charge >= 0.3 is 0 Å². The molecule has 0 atom stereocenters. The van der Waals surface area contributed by atoms with E-state index in [2.05, 4.69) is 4.98 Å². The molecular formula is C13H15ClN2O2. The van der Waals surface area contributed by atoms with Gasteiger partial charge < -0.3 is 4.74 Å². The van der Waals surface area contributed by atoms with Crippen LogP contribution in [0.2, 0.25) is 5.15 Å². The van der Waals surface area contributed by atoms with Crippen LogP contribution in [0.4, 0.5) is 0 Å². The van der Waals surface area contributed by atoms with Crippen molar-refractivity contribution in [1.29, 1.82) is 0 Å². The standard InChI is InChI=1S/C13H15ClN2O2/c1-8(2)11-12(14)15-10-6-9(7-18-3)4-5-16(10)13(11)17/h4-6,8H,7H2,1-3H3. The molecule has 18 heavy (non-hydrogen) atoms. The van der Waals surface area contributed by atoms with Gasteiger partial charge in [0.05, 0.1) is 12.2 Å². The number of methoxy groups -OCH3 is 1. The summed E-state index contributed by atoms with van der Waals surface area (Å²) in [4.78, 5) is 16.5. The van der Waals surface area contributed by atoms with Gasteiger partial charge in [-0.3, -0.25) is 9.20 Å². The molecule has 0 unspecified atom stereocenters. The van der Waals surface area contributed by atoms with Crippen molar-refractivity contribution in [3.8, 4) is 0 Å². The number of pyridine rings is 1. The second-order valence-electron chi connectivity index (χ2n) is 4.47. The number of hydrogen-bond donors (Lipinski definition) is 0. The van der Waals surface area contributed by atoms with Crippen LogP contribution in [0.25, 0.3) is 5.65 Å². The molecule has 2 heterocycles. The van der Waals surface area contributed by atoms with Crippen molar-refractivity contribution in [2.24, 2.45) is 0 Å². The lowest BCUT2D eigenvalue weighted by atomic mass is 10.1. The summed E-state index contributed by atoms with van der Waals surface area (Å²) < 4.78 is 6.57. The zero-order chi connectivity index (χ0) is 13.3. The summed E-state index contributed by atoms with van der Waals surface area (Å²) in [5.41, 5.74) is 1.94. The molecule has 0 aliphatic rings. The molecule has 0 aromatic carbocycles. The van der Waals surface area contributed by atoms with E-state index >= 15 is 0 Å². The Balaban J connectivity index is 2.70. The van der Waals surface area contributed by atoms with Crippen molar-refractivity contribution < 1.29 is 4.74 Å². The Bertz CT molecular complexity index is 635. The number of nitrogens with zero attached hydrogens (tertiary/aromatic N) is 2. The molecule has 5 heteroatoms. The maximum atomic E-state index is 12.3. The molecule has 0 amide bonds. The minimum absolute atomic E-state index is 0.0491. The van der Waals surface area contributed by atoms with Crippen LogP contribution in [0.1, 0.15) is 30.9 Å². The summed E-state index contributed by atoms with van der Waals surface area (Å²) in [6.45, 7) is 4.34. The van der Waals surface area contributed by atoms with Gasteiger partial charge in [-0.25, -0.2) is 4.98 Å². The van der Waals surface area contributed by atoms with Crippen LogP contribution < -0.4 is 5.56 Å². The van der Waals surface area contributed by atoms with Crippen molar-refractivity contribution in [2.45, 2.75) is 26.4 Å². The quantitative estimate of drug-likeness (QED) is 0.802. The van der Waals surface area contributed by atoms with Gasteiger partial charge in [0.2, 0.25) is 0 Å². The van der Waals surface area contributed by atoms with E-state index in [-0.39, 0.29) is 16.6 Å². The first-order valence-corrected chi connectivity index (χ1v) is 6.12. The SMILES string of the molecule is COCc1ccn2c(=O)c(C(C)C)c(Cl)nc2c1. The summed E-state index contributed by atoms with van der Waals surface area (Å²) >= 11 is 6.08. The number of ether oxygens (including phenoxy) is 1. The highest BCUT2D eigenvalue weighted by atomic mass is 35.5. The van der Waals surface area contributed by atoms with Crippen LogP contribution in [0.15, 0.2) is 23.1 Å². The van der Waals surface area contributed by atoms with Crippen LogP contribution >= 0.6 is 11.6 Å². The Labute approximate surface area is 110 Å². The average Bonchev–Trinajstić information content (AvgIpc) is 2.28. The smallest absolute Gasteiger partial charge is 0.262 e. The number of fused-ring (bicyclic) bond motifs is 1. The maximum Gasteiger partial charge on any atom is 0.262 e. The Hall–Kier alpha value is -1.39. The van der Waals surface area contributed by atoms with Crippen molar-refractivity contribution >= 4 is 17.2 Å². The molecule has 0 saturated heterocycles. The summed E-state index contributed by atoms with van der Waals surface area (Å²) in [6.07, 6.45) is 1.71. The minimum Gasteiger partial charge on any atom is -0.380 e. The first-order chi connectivity index (χ1) is 8.54. The summed E-state index contributed by atoms with van der Waals surface area (Å²) in [6, 6.07) is 3.65. The third kappa shape index (κ3) is 2.26. The fourth-order valence-electron chi connectivity index (χ4n) is 1.91. The normalized spacial score (nSPS) is 11.4. The molecule has 0 radical (unpaired) electrons. The number of rotatable bonds is 3. The first-order valence-electron chi connectivity index (χ1n) is 5.74. The van der Waals surface area contributed by atoms with Gasteiger partial charge in [-0.2, -0.15) is 0 Å². The van der Waals surface area contributed by atoms with E-state index in [1.54, 1.807) is 19.4 Å². The van der Waals surface area contributed by atoms with E-state index in [0.717, 1.165) is 5.56 Å². The maximum absolute atomic E-state index is 12.3. The lowest BCUT2D eigenvalue weighted by Crippen LogP contribution is -2.21. The van der Waals surface area contributed by atoms with Gasteiger partial charge in [0.1, 0.15) is 10.8 Å². The Morgan fingerprint density at radius 3 is 2.83 bits per heavy atom. The van der Waals surface area contributed by atoms with Gasteiger partial charge in [-0.15, -0.1) is 0 Å². The van der Waals surface area contributed by atoms with Gasteiger partial charge in [0.25, 0.3) is 5.56 Å². The lowest BCUT2D eigenvalue weighted by molar-refractivity contribution is 0.185. The second kappa shape index (κ2) is 5.08. The molecule has 2 aromatic rings. The van der Waals surface area contributed by atoms with Crippen LogP contribution in [-0.2, 0) is 11.3 Å². The third-order valence-electron chi connectivity index (χ3n) is 2.77. The summed E-state index contributed by atoms with van der Waals surface area (Å²) in [7, 11) is 1.62. The van der Waals surface area contributed by atoms with Crippen molar-refractivity contribution in [1.82, 2.24) is 9.38 Å². The van der Waals surface area contributed by atoms with Gasteiger partial charge in [-0.05, 0) is 23.6 Å². The number of halogens is 1. The highest BCUT2D eigenvalue weighted by Gasteiger charge is 2.14. The third-order valence-corrected chi connectivity index (χ3v) is 3.06. The molecule has 4 nitrogen and oxygen atoms in total. The Morgan fingerprint density at radius 2 is 2.22 bits per heavy atom. The first kappa shape index (κ1) is 13.1. The molecule has 96 valence electrons. The molecule has 0 spiro atoms. The molecule has 2 aromatic heterocycles.